The van der Waals surface area contributed by atoms with Crippen molar-refractivity contribution >= 4 is 11.9 Å². The Morgan fingerprint density at radius 1 is 1.26 bits per heavy atom. The van der Waals surface area contributed by atoms with Crippen LogP contribution in [0.2, 0.25) is 0 Å². The van der Waals surface area contributed by atoms with Gasteiger partial charge >= 0.3 is 0 Å². The van der Waals surface area contributed by atoms with Crippen LogP contribution >= 0.6 is 0 Å². The van der Waals surface area contributed by atoms with Crippen LogP contribution in [0.5, 0.6) is 0 Å². The maximum Gasteiger partial charge on any atom is 0.222 e. The third kappa shape index (κ3) is 5.70. The van der Waals surface area contributed by atoms with Gasteiger partial charge in [0.1, 0.15) is 0 Å². The first kappa shape index (κ1) is 18.1. The minimum Gasteiger partial charge on any atom is -0.357 e. The molecule has 23 heavy (non-hydrogen) atoms. The quantitative estimate of drug-likeness (QED) is 0.560. The largest absolute Gasteiger partial charge is 0.357 e. The van der Waals surface area contributed by atoms with E-state index in [0.29, 0.717) is 18.0 Å². The fourth-order valence-electron chi connectivity index (χ4n) is 3.72. The van der Waals surface area contributed by atoms with Crippen molar-refractivity contribution < 1.29 is 4.79 Å². The van der Waals surface area contributed by atoms with Crippen molar-refractivity contribution in [2.45, 2.75) is 83.7 Å². The van der Waals surface area contributed by atoms with Gasteiger partial charge in [0.25, 0.3) is 0 Å². The molecule has 5 nitrogen and oxygen atoms in total. The summed E-state index contributed by atoms with van der Waals surface area (Å²) in [4.78, 5) is 18.7. The van der Waals surface area contributed by atoms with Gasteiger partial charge in [0.05, 0.1) is 0 Å². The smallest absolute Gasteiger partial charge is 0.222 e. The van der Waals surface area contributed by atoms with E-state index in [-0.39, 0.29) is 0 Å². The molecule has 1 amide bonds. The first-order valence-corrected chi connectivity index (χ1v) is 9.58. The molecular formula is C18H34N4O. The molecule has 1 unspecified atom stereocenters. The summed E-state index contributed by atoms with van der Waals surface area (Å²) in [6.45, 7) is 6.88. The monoisotopic (exact) mass is 322 g/mol. The van der Waals surface area contributed by atoms with Gasteiger partial charge in [-0.05, 0) is 39.0 Å². The number of hydrogen-bond donors (Lipinski definition) is 2. The van der Waals surface area contributed by atoms with Crippen LogP contribution in [-0.2, 0) is 4.79 Å². The number of aliphatic imine (C=N–C) groups is 1. The predicted octanol–water partition coefficient (Wildman–Crippen LogP) is 2.67. The Morgan fingerprint density at radius 3 is 2.65 bits per heavy atom. The summed E-state index contributed by atoms with van der Waals surface area (Å²) in [6.07, 6.45) is 10.3. The lowest BCUT2D eigenvalue weighted by molar-refractivity contribution is -0.129. The molecule has 0 spiro atoms. The van der Waals surface area contributed by atoms with Crippen molar-refractivity contribution in [3.05, 3.63) is 0 Å². The first-order chi connectivity index (χ1) is 11.2. The standard InChI is InChI=1S/C18H34N4O/c1-3-16(22-14-8-11-17(22)23)12-13-20-18(19-4-2)21-15-9-6-5-7-10-15/h15-16H,3-14H2,1-2H3,(H2,19,20,21). The van der Waals surface area contributed by atoms with E-state index in [9.17, 15) is 4.79 Å². The molecule has 2 fully saturated rings. The molecule has 2 aliphatic rings. The summed E-state index contributed by atoms with van der Waals surface area (Å²) in [5.74, 6) is 1.27. The number of hydrogen-bond acceptors (Lipinski definition) is 2. The Balaban J connectivity index is 1.82. The molecular weight excluding hydrogens is 288 g/mol. The molecule has 0 aromatic carbocycles. The minimum absolute atomic E-state index is 0.327. The Labute approximate surface area is 141 Å². The van der Waals surface area contributed by atoms with Gasteiger partial charge in [-0.15, -0.1) is 0 Å². The molecule has 2 rings (SSSR count). The van der Waals surface area contributed by atoms with Gasteiger partial charge in [-0.1, -0.05) is 26.2 Å². The van der Waals surface area contributed by atoms with Crippen LogP contribution in [-0.4, -0.2) is 48.5 Å². The number of nitrogens with one attached hydrogen (secondary N) is 2. The van der Waals surface area contributed by atoms with Gasteiger partial charge in [-0.3, -0.25) is 9.79 Å². The van der Waals surface area contributed by atoms with Crippen molar-refractivity contribution in [2.75, 3.05) is 19.6 Å². The highest BCUT2D eigenvalue weighted by Crippen LogP contribution is 2.19. The molecule has 1 saturated heterocycles. The zero-order chi connectivity index (χ0) is 16.5. The van der Waals surface area contributed by atoms with Gasteiger partial charge in [-0.2, -0.15) is 0 Å². The second-order valence-electron chi connectivity index (χ2n) is 6.78. The van der Waals surface area contributed by atoms with Gasteiger partial charge in [0.2, 0.25) is 5.91 Å². The van der Waals surface area contributed by atoms with Crippen molar-refractivity contribution in [1.29, 1.82) is 0 Å². The summed E-state index contributed by atoms with van der Waals surface area (Å²) in [7, 11) is 0. The average Bonchev–Trinajstić information content (AvgIpc) is 2.99. The van der Waals surface area contributed by atoms with Gasteiger partial charge < -0.3 is 15.5 Å². The molecule has 1 aliphatic heterocycles. The van der Waals surface area contributed by atoms with E-state index in [1.165, 1.54) is 32.1 Å². The fourth-order valence-corrected chi connectivity index (χ4v) is 3.72. The van der Waals surface area contributed by atoms with Crippen molar-refractivity contribution in [2.24, 2.45) is 4.99 Å². The van der Waals surface area contributed by atoms with Crippen LogP contribution < -0.4 is 10.6 Å². The lowest BCUT2D eigenvalue weighted by Crippen LogP contribution is -2.44. The normalized spacial score (nSPS) is 21.6. The Bertz CT molecular complexity index is 390. The number of nitrogens with zero attached hydrogens (tertiary/aromatic N) is 2. The zero-order valence-electron chi connectivity index (χ0n) is 14.9. The SMILES string of the molecule is CCNC(=NCCC(CC)N1CCCC1=O)NC1CCCCC1. The van der Waals surface area contributed by atoms with E-state index in [2.05, 4.69) is 29.4 Å². The molecule has 0 radical (unpaired) electrons. The number of carbonyl (C=O) groups excluding carboxylic acids is 1. The molecule has 0 aromatic rings. The summed E-state index contributed by atoms with van der Waals surface area (Å²) in [5, 5.41) is 6.94. The summed E-state index contributed by atoms with van der Waals surface area (Å²) in [6, 6.07) is 0.926. The van der Waals surface area contributed by atoms with E-state index < -0.39 is 0 Å². The van der Waals surface area contributed by atoms with E-state index in [4.69, 9.17) is 4.99 Å². The Hall–Kier alpha value is -1.26. The number of carbonyl (C=O) groups is 1. The van der Waals surface area contributed by atoms with Gasteiger partial charge in [-0.25, -0.2) is 0 Å². The lowest BCUT2D eigenvalue weighted by atomic mass is 9.96. The van der Waals surface area contributed by atoms with E-state index >= 15 is 0 Å². The van der Waals surface area contributed by atoms with Gasteiger partial charge in [0, 0.05) is 38.1 Å². The van der Waals surface area contributed by atoms with Crippen LogP contribution in [0.3, 0.4) is 0 Å². The number of amides is 1. The Morgan fingerprint density at radius 2 is 2.04 bits per heavy atom. The van der Waals surface area contributed by atoms with Crippen LogP contribution in [0, 0.1) is 0 Å². The number of likely N-dealkylation sites (tertiary alicyclic amines) is 1. The minimum atomic E-state index is 0.327. The highest BCUT2D eigenvalue weighted by molar-refractivity contribution is 5.80. The second kappa shape index (κ2) is 9.78. The Kier molecular flexibility index (Phi) is 7.69. The molecule has 1 atom stereocenters. The molecule has 132 valence electrons. The van der Waals surface area contributed by atoms with Gasteiger partial charge in [0.15, 0.2) is 5.96 Å². The average molecular weight is 322 g/mol. The topological polar surface area (TPSA) is 56.7 Å². The molecule has 0 bridgehead atoms. The van der Waals surface area contributed by atoms with Crippen LogP contribution in [0.15, 0.2) is 4.99 Å². The second-order valence-corrected chi connectivity index (χ2v) is 6.78. The maximum absolute atomic E-state index is 11.9. The van der Waals surface area contributed by atoms with Crippen LogP contribution in [0.4, 0.5) is 0 Å². The van der Waals surface area contributed by atoms with E-state index in [1.54, 1.807) is 0 Å². The molecule has 0 aromatic heterocycles. The predicted molar refractivity (Wildman–Crippen MR) is 95.6 cm³/mol. The summed E-state index contributed by atoms with van der Waals surface area (Å²) < 4.78 is 0. The molecule has 1 heterocycles. The number of guanidine groups is 1. The maximum atomic E-state index is 11.9. The van der Waals surface area contributed by atoms with Crippen LogP contribution in [0.25, 0.3) is 0 Å². The van der Waals surface area contributed by atoms with Crippen molar-refractivity contribution in [3.63, 3.8) is 0 Å². The molecule has 5 heteroatoms. The summed E-state index contributed by atoms with van der Waals surface area (Å²) in [5.41, 5.74) is 0. The first-order valence-electron chi connectivity index (χ1n) is 9.58. The third-order valence-corrected chi connectivity index (χ3v) is 5.04. The lowest BCUT2D eigenvalue weighted by Gasteiger charge is -2.27. The van der Waals surface area contributed by atoms with Crippen LogP contribution in [0.1, 0.15) is 71.6 Å². The highest BCUT2D eigenvalue weighted by atomic mass is 16.2. The summed E-state index contributed by atoms with van der Waals surface area (Å²) >= 11 is 0. The van der Waals surface area contributed by atoms with E-state index in [1.807, 2.05) is 0 Å². The van der Waals surface area contributed by atoms with E-state index in [0.717, 1.165) is 51.3 Å². The molecule has 1 saturated carbocycles. The van der Waals surface area contributed by atoms with Crippen molar-refractivity contribution in [3.8, 4) is 0 Å². The molecule has 1 aliphatic carbocycles. The zero-order valence-corrected chi connectivity index (χ0v) is 14.9. The van der Waals surface area contributed by atoms with Crippen molar-refractivity contribution in [1.82, 2.24) is 15.5 Å². The number of rotatable bonds is 7. The fraction of sp³-hybridized carbons (Fsp3) is 0.889. The molecule has 2 N–H and O–H groups in total. The highest BCUT2D eigenvalue weighted by Gasteiger charge is 2.26. The third-order valence-electron chi connectivity index (χ3n) is 5.04.